The maximum Gasteiger partial charge on any atom is 0.272 e. The SMILES string of the molecule is CCCOc1ccccc1-c1cc(CO)c(=O)n(CCC)n1. The van der Waals surface area contributed by atoms with E-state index in [9.17, 15) is 9.90 Å². The minimum Gasteiger partial charge on any atom is -0.493 e. The van der Waals surface area contributed by atoms with Crippen molar-refractivity contribution < 1.29 is 9.84 Å². The Morgan fingerprint density at radius 1 is 1.23 bits per heavy atom. The monoisotopic (exact) mass is 302 g/mol. The van der Waals surface area contributed by atoms with Crippen molar-refractivity contribution in [1.82, 2.24) is 9.78 Å². The standard InChI is InChI=1S/C17H22N2O3/c1-3-9-19-17(21)13(12-20)11-15(18-19)14-7-5-6-8-16(14)22-10-4-2/h5-8,11,20H,3-4,9-10,12H2,1-2H3. The summed E-state index contributed by atoms with van der Waals surface area (Å²) >= 11 is 0. The molecule has 0 aliphatic rings. The number of benzene rings is 1. The average molecular weight is 302 g/mol. The van der Waals surface area contributed by atoms with Gasteiger partial charge in [-0.05, 0) is 31.0 Å². The molecule has 22 heavy (non-hydrogen) atoms. The molecule has 0 saturated heterocycles. The molecule has 1 N–H and O–H groups in total. The highest BCUT2D eigenvalue weighted by atomic mass is 16.5. The minimum atomic E-state index is -0.296. The van der Waals surface area contributed by atoms with Crippen LogP contribution in [0.15, 0.2) is 35.1 Å². The Kier molecular flexibility index (Phi) is 5.72. The average Bonchev–Trinajstić information content (AvgIpc) is 2.55. The number of ether oxygens (including phenoxy) is 1. The molecule has 0 fully saturated rings. The lowest BCUT2D eigenvalue weighted by Gasteiger charge is -2.13. The van der Waals surface area contributed by atoms with Crippen molar-refractivity contribution in [3.63, 3.8) is 0 Å². The third kappa shape index (κ3) is 3.54. The smallest absolute Gasteiger partial charge is 0.272 e. The molecule has 2 aromatic rings. The van der Waals surface area contributed by atoms with Gasteiger partial charge in [0.25, 0.3) is 5.56 Å². The molecular formula is C17H22N2O3. The number of para-hydroxylation sites is 1. The number of aryl methyl sites for hydroxylation is 1. The van der Waals surface area contributed by atoms with E-state index in [2.05, 4.69) is 5.10 Å². The summed E-state index contributed by atoms with van der Waals surface area (Å²) < 4.78 is 7.17. The van der Waals surface area contributed by atoms with Crippen molar-refractivity contribution in [3.8, 4) is 17.0 Å². The molecule has 1 heterocycles. The van der Waals surface area contributed by atoms with Gasteiger partial charge in [-0.1, -0.05) is 26.0 Å². The second kappa shape index (κ2) is 7.75. The fourth-order valence-electron chi connectivity index (χ4n) is 2.22. The first-order valence-corrected chi connectivity index (χ1v) is 7.65. The van der Waals surface area contributed by atoms with Crippen LogP contribution in [0, 0.1) is 0 Å². The second-order valence-electron chi connectivity index (χ2n) is 5.09. The Labute approximate surface area is 130 Å². The molecule has 0 amide bonds. The Hall–Kier alpha value is -2.14. The van der Waals surface area contributed by atoms with E-state index in [0.29, 0.717) is 24.4 Å². The third-order valence-electron chi connectivity index (χ3n) is 3.28. The van der Waals surface area contributed by atoms with Gasteiger partial charge in [0.1, 0.15) is 5.75 Å². The quantitative estimate of drug-likeness (QED) is 0.854. The number of nitrogens with zero attached hydrogens (tertiary/aromatic N) is 2. The van der Waals surface area contributed by atoms with Crippen molar-refractivity contribution in [2.75, 3.05) is 6.61 Å². The summed E-state index contributed by atoms with van der Waals surface area (Å²) in [7, 11) is 0. The van der Waals surface area contributed by atoms with E-state index < -0.39 is 0 Å². The van der Waals surface area contributed by atoms with Gasteiger partial charge in [-0.3, -0.25) is 4.79 Å². The van der Waals surface area contributed by atoms with Crippen molar-refractivity contribution >= 4 is 0 Å². The Bertz CT molecular complexity index is 680. The van der Waals surface area contributed by atoms with E-state index in [1.807, 2.05) is 38.1 Å². The number of hydrogen-bond donors (Lipinski definition) is 1. The number of aromatic nitrogens is 2. The van der Waals surface area contributed by atoms with E-state index in [0.717, 1.165) is 24.2 Å². The minimum absolute atomic E-state index is 0.236. The van der Waals surface area contributed by atoms with Crippen LogP contribution in [0.25, 0.3) is 11.3 Å². The Morgan fingerprint density at radius 3 is 2.68 bits per heavy atom. The first kappa shape index (κ1) is 16.2. The molecule has 5 heteroatoms. The van der Waals surface area contributed by atoms with E-state index >= 15 is 0 Å². The fourth-order valence-corrected chi connectivity index (χ4v) is 2.22. The topological polar surface area (TPSA) is 64.3 Å². The molecular weight excluding hydrogens is 280 g/mol. The molecule has 1 aromatic heterocycles. The highest BCUT2D eigenvalue weighted by molar-refractivity contribution is 5.67. The lowest BCUT2D eigenvalue weighted by molar-refractivity contribution is 0.278. The number of aliphatic hydroxyl groups excluding tert-OH is 1. The zero-order chi connectivity index (χ0) is 15.9. The van der Waals surface area contributed by atoms with Crippen molar-refractivity contribution in [2.24, 2.45) is 0 Å². The molecule has 118 valence electrons. The highest BCUT2D eigenvalue weighted by Gasteiger charge is 2.12. The van der Waals surface area contributed by atoms with Gasteiger partial charge in [-0.25, -0.2) is 4.68 Å². The number of rotatable bonds is 7. The fraction of sp³-hybridized carbons (Fsp3) is 0.412. The van der Waals surface area contributed by atoms with Gasteiger partial charge in [0, 0.05) is 17.7 Å². The van der Waals surface area contributed by atoms with E-state index in [1.54, 1.807) is 6.07 Å². The summed E-state index contributed by atoms with van der Waals surface area (Å²) in [4.78, 5) is 12.1. The summed E-state index contributed by atoms with van der Waals surface area (Å²) in [5.41, 5.74) is 1.59. The maximum atomic E-state index is 12.1. The second-order valence-corrected chi connectivity index (χ2v) is 5.09. The molecule has 1 aromatic carbocycles. The first-order valence-electron chi connectivity index (χ1n) is 7.65. The lowest BCUT2D eigenvalue weighted by Crippen LogP contribution is -2.26. The van der Waals surface area contributed by atoms with Crippen molar-refractivity contribution in [3.05, 3.63) is 46.2 Å². The van der Waals surface area contributed by atoms with Gasteiger partial charge in [0.15, 0.2) is 0 Å². The molecule has 0 spiro atoms. The summed E-state index contributed by atoms with van der Waals surface area (Å²) in [6.45, 7) is 4.88. The van der Waals surface area contributed by atoms with Crippen LogP contribution in [-0.4, -0.2) is 21.5 Å². The molecule has 2 rings (SSSR count). The molecule has 0 aliphatic carbocycles. The summed E-state index contributed by atoms with van der Waals surface area (Å²) in [6, 6.07) is 9.26. The molecule has 0 radical (unpaired) electrons. The summed E-state index contributed by atoms with van der Waals surface area (Å²) in [6.07, 6.45) is 1.72. The van der Waals surface area contributed by atoms with Gasteiger partial charge >= 0.3 is 0 Å². The predicted molar refractivity (Wildman–Crippen MR) is 85.9 cm³/mol. The zero-order valence-corrected chi connectivity index (χ0v) is 13.1. The first-order chi connectivity index (χ1) is 10.7. The molecule has 0 bridgehead atoms. The third-order valence-corrected chi connectivity index (χ3v) is 3.28. The maximum absolute atomic E-state index is 12.1. The van der Waals surface area contributed by atoms with Crippen LogP contribution < -0.4 is 10.3 Å². The molecule has 0 unspecified atom stereocenters. The number of hydrogen-bond acceptors (Lipinski definition) is 4. The molecule has 0 atom stereocenters. The van der Waals surface area contributed by atoms with Gasteiger partial charge in [-0.2, -0.15) is 5.10 Å². The summed E-state index contributed by atoms with van der Waals surface area (Å²) in [5, 5.41) is 13.8. The van der Waals surface area contributed by atoms with Crippen LogP contribution in [0.4, 0.5) is 0 Å². The van der Waals surface area contributed by atoms with E-state index in [4.69, 9.17) is 4.74 Å². The van der Waals surface area contributed by atoms with Crippen LogP contribution in [-0.2, 0) is 13.2 Å². The van der Waals surface area contributed by atoms with Gasteiger partial charge in [0.2, 0.25) is 0 Å². The van der Waals surface area contributed by atoms with Crippen LogP contribution in [0.1, 0.15) is 32.3 Å². The van der Waals surface area contributed by atoms with Crippen LogP contribution in [0.2, 0.25) is 0 Å². The normalized spacial score (nSPS) is 10.7. The van der Waals surface area contributed by atoms with E-state index in [1.165, 1.54) is 4.68 Å². The Balaban J connectivity index is 2.52. The molecule has 0 aliphatic heterocycles. The molecule has 5 nitrogen and oxygen atoms in total. The van der Waals surface area contributed by atoms with Gasteiger partial charge in [0.05, 0.1) is 18.9 Å². The van der Waals surface area contributed by atoms with Crippen LogP contribution in [0.3, 0.4) is 0 Å². The molecule has 0 saturated carbocycles. The van der Waals surface area contributed by atoms with Crippen LogP contribution in [0.5, 0.6) is 5.75 Å². The zero-order valence-electron chi connectivity index (χ0n) is 13.1. The van der Waals surface area contributed by atoms with Gasteiger partial charge < -0.3 is 9.84 Å². The van der Waals surface area contributed by atoms with E-state index in [-0.39, 0.29) is 12.2 Å². The number of aliphatic hydroxyl groups is 1. The van der Waals surface area contributed by atoms with Crippen molar-refractivity contribution in [1.29, 1.82) is 0 Å². The highest BCUT2D eigenvalue weighted by Crippen LogP contribution is 2.28. The Morgan fingerprint density at radius 2 is 2.00 bits per heavy atom. The largest absolute Gasteiger partial charge is 0.493 e. The lowest BCUT2D eigenvalue weighted by atomic mass is 10.1. The summed E-state index contributed by atoms with van der Waals surface area (Å²) in [5.74, 6) is 0.738. The van der Waals surface area contributed by atoms with Gasteiger partial charge in [-0.15, -0.1) is 0 Å². The van der Waals surface area contributed by atoms with Crippen LogP contribution >= 0.6 is 0 Å². The predicted octanol–water partition coefficient (Wildman–Crippen LogP) is 2.60. The van der Waals surface area contributed by atoms with Crippen molar-refractivity contribution in [2.45, 2.75) is 39.8 Å².